The molecule has 6 heteroatoms. The Kier molecular flexibility index (Phi) is 7.82. The smallest absolute Gasteiger partial charge is 0.308 e. The van der Waals surface area contributed by atoms with Crippen molar-refractivity contribution in [3.05, 3.63) is 0 Å². The Bertz CT molecular complexity index is 413. The van der Waals surface area contributed by atoms with Crippen LogP contribution in [0.15, 0.2) is 4.99 Å². The first-order chi connectivity index (χ1) is 11.6. The monoisotopic (exact) mass is 338 g/mol. The van der Waals surface area contributed by atoms with Crippen LogP contribution in [-0.4, -0.2) is 75.2 Å². The molecular weight excluding hydrogens is 304 g/mol. The summed E-state index contributed by atoms with van der Waals surface area (Å²) in [7, 11) is 3.31. The number of methoxy groups -OCH3 is 1. The summed E-state index contributed by atoms with van der Waals surface area (Å²) in [5.74, 6) is 1.53. The molecule has 2 aliphatic heterocycles. The third-order valence-electron chi connectivity index (χ3n) is 5.17. The van der Waals surface area contributed by atoms with Gasteiger partial charge in [-0.25, -0.2) is 0 Å². The number of carbonyl (C=O) groups is 1. The summed E-state index contributed by atoms with van der Waals surface area (Å²) in [6.07, 6.45) is 5.76. The second-order valence-electron chi connectivity index (χ2n) is 7.18. The Morgan fingerprint density at radius 1 is 1.21 bits per heavy atom. The Hall–Kier alpha value is -1.30. The molecule has 0 saturated carbocycles. The summed E-state index contributed by atoms with van der Waals surface area (Å²) < 4.78 is 4.85. The van der Waals surface area contributed by atoms with Crippen molar-refractivity contribution in [2.45, 2.75) is 39.0 Å². The third-order valence-corrected chi connectivity index (χ3v) is 5.17. The van der Waals surface area contributed by atoms with Crippen LogP contribution in [0.3, 0.4) is 0 Å². The summed E-state index contributed by atoms with van der Waals surface area (Å²) in [5.41, 5.74) is 0. The van der Waals surface area contributed by atoms with E-state index in [0.29, 0.717) is 5.92 Å². The van der Waals surface area contributed by atoms with Crippen molar-refractivity contribution < 1.29 is 9.53 Å². The fourth-order valence-electron chi connectivity index (χ4n) is 3.74. The predicted molar refractivity (Wildman–Crippen MR) is 97.1 cm³/mol. The maximum absolute atomic E-state index is 11.6. The van der Waals surface area contributed by atoms with Gasteiger partial charge >= 0.3 is 5.97 Å². The third kappa shape index (κ3) is 5.65. The highest BCUT2D eigenvalue weighted by atomic mass is 16.5. The predicted octanol–water partition coefficient (Wildman–Crippen LogP) is 1.57. The lowest BCUT2D eigenvalue weighted by Gasteiger charge is -2.34. The summed E-state index contributed by atoms with van der Waals surface area (Å²) in [6.45, 7) is 8.63. The highest BCUT2D eigenvalue weighted by Crippen LogP contribution is 2.18. The topological polar surface area (TPSA) is 57.2 Å². The molecule has 0 aromatic rings. The minimum atomic E-state index is -0.0762. The standard InChI is InChI=1S/C18H34N4O2/c1-15(14-21-9-5-4-6-10-21)13-20-18(19-2)22-11-7-16(8-12-22)17(23)24-3/h15-16H,4-14H2,1-3H3,(H,19,20). The lowest BCUT2D eigenvalue weighted by Crippen LogP contribution is -2.48. The van der Waals surface area contributed by atoms with E-state index in [2.05, 4.69) is 27.0 Å². The van der Waals surface area contributed by atoms with Gasteiger partial charge in [-0.3, -0.25) is 9.79 Å². The fraction of sp³-hybridized carbons (Fsp3) is 0.889. The molecule has 0 spiro atoms. The van der Waals surface area contributed by atoms with Gasteiger partial charge in [0.15, 0.2) is 5.96 Å². The number of guanidine groups is 1. The normalized spacial score (nSPS) is 22.3. The molecule has 0 bridgehead atoms. The number of carbonyl (C=O) groups excluding carboxylic acids is 1. The Labute approximate surface area is 146 Å². The van der Waals surface area contributed by atoms with Crippen LogP contribution in [0.2, 0.25) is 0 Å². The first-order valence-corrected chi connectivity index (χ1v) is 9.39. The number of nitrogens with zero attached hydrogens (tertiary/aromatic N) is 3. The molecule has 2 heterocycles. The molecule has 0 aliphatic carbocycles. The molecule has 1 unspecified atom stereocenters. The molecule has 2 fully saturated rings. The molecule has 2 aliphatic rings. The van der Waals surface area contributed by atoms with Gasteiger partial charge in [-0.05, 0) is 44.7 Å². The molecule has 2 saturated heterocycles. The number of likely N-dealkylation sites (tertiary alicyclic amines) is 2. The summed E-state index contributed by atoms with van der Waals surface area (Å²) in [5, 5.41) is 3.52. The summed E-state index contributed by atoms with van der Waals surface area (Å²) in [6, 6.07) is 0. The van der Waals surface area contributed by atoms with E-state index in [9.17, 15) is 4.79 Å². The average molecular weight is 338 g/mol. The van der Waals surface area contributed by atoms with Gasteiger partial charge in [0.25, 0.3) is 0 Å². The highest BCUT2D eigenvalue weighted by Gasteiger charge is 2.27. The first-order valence-electron chi connectivity index (χ1n) is 9.39. The van der Waals surface area contributed by atoms with E-state index in [1.54, 1.807) is 0 Å². The second-order valence-corrected chi connectivity index (χ2v) is 7.18. The number of ether oxygens (including phenoxy) is 1. The van der Waals surface area contributed by atoms with Gasteiger partial charge in [0.2, 0.25) is 0 Å². The number of hydrogen-bond donors (Lipinski definition) is 1. The van der Waals surface area contributed by atoms with Crippen molar-refractivity contribution in [1.82, 2.24) is 15.1 Å². The van der Waals surface area contributed by atoms with Gasteiger partial charge in [0.05, 0.1) is 13.0 Å². The average Bonchev–Trinajstić information content (AvgIpc) is 2.63. The van der Waals surface area contributed by atoms with Gasteiger partial charge in [-0.1, -0.05) is 13.3 Å². The van der Waals surface area contributed by atoms with E-state index < -0.39 is 0 Å². The molecule has 1 atom stereocenters. The van der Waals surface area contributed by atoms with Gasteiger partial charge in [-0.2, -0.15) is 0 Å². The quantitative estimate of drug-likeness (QED) is 0.468. The van der Waals surface area contributed by atoms with Crippen LogP contribution in [0.5, 0.6) is 0 Å². The summed E-state index contributed by atoms with van der Waals surface area (Å²) in [4.78, 5) is 20.9. The van der Waals surface area contributed by atoms with E-state index in [1.165, 1.54) is 39.5 Å². The maximum atomic E-state index is 11.6. The Morgan fingerprint density at radius 2 is 1.88 bits per heavy atom. The second kappa shape index (κ2) is 9.87. The zero-order valence-corrected chi connectivity index (χ0v) is 15.6. The van der Waals surface area contributed by atoms with E-state index >= 15 is 0 Å². The number of nitrogens with one attached hydrogen (secondary N) is 1. The molecule has 0 amide bonds. The van der Waals surface area contributed by atoms with Crippen molar-refractivity contribution in [2.24, 2.45) is 16.8 Å². The molecule has 1 N–H and O–H groups in total. The molecule has 2 rings (SSSR count). The van der Waals surface area contributed by atoms with E-state index in [0.717, 1.165) is 45.0 Å². The number of rotatable bonds is 5. The van der Waals surface area contributed by atoms with Crippen molar-refractivity contribution in [1.29, 1.82) is 0 Å². The van der Waals surface area contributed by atoms with E-state index in [4.69, 9.17) is 4.74 Å². The van der Waals surface area contributed by atoms with Crippen molar-refractivity contribution in [3.63, 3.8) is 0 Å². The molecular formula is C18H34N4O2. The molecule has 0 aromatic carbocycles. The Balaban J connectivity index is 1.71. The van der Waals surface area contributed by atoms with Gasteiger partial charge in [-0.15, -0.1) is 0 Å². The zero-order chi connectivity index (χ0) is 17.4. The molecule has 24 heavy (non-hydrogen) atoms. The zero-order valence-electron chi connectivity index (χ0n) is 15.6. The lowest BCUT2D eigenvalue weighted by atomic mass is 9.97. The molecule has 138 valence electrons. The van der Waals surface area contributed by atoms with Gasteiger partial charge < -0.3 is 19.9 Å². The van der Waals surface area contributed by atoms with Crippen LogP contribution in [0, 0.1) is 11.8 Å². The maximum Gasteiger partial charge on any atom is 0.308 e. The number of piperidine rings is 2. The van der Waals surface area contributed by atoms with E-state index in [1.807, 2.05) is 7.05 Å². The number of hydrogen-bond acceptors (Lipinski definition) is 4. The van der Waals surface area contributed by atoms with Crippen LogP contribution in [0.4, 0.5) is 0 Å². The van der Waals surface area contributed by atoms with E-state index in [-0.39, 0.29) is 11.9 Å². The molecule has 0 aromatic heterocycles. The van der Waals surface area contributed by atoms with Crippen molar-refractivity contribution >= 4 is 11.9 Å². The van der Waals surface area contributed by atoms with Gasteiger partial charge in [0, 0.05) is 33.2 Å². The van der Waals surface area contributed by atoms with Crippen LogP contribution < -0.4 is 5.32 Å². The van der Waals surface area contributed by atoms with Gasteiger partial charge in [0.1, 0.15) is 0 Å². The number of esters is 1. The van der Waals surface area contributed by atoms with Crippen LogP contribution in [-0.2, 0) is 9.53 Å². The summed E-state index contributed by atoms with van der Waals surface area (Å²) >= 11 is 0. The van der Waals surface area contributed by atoms with Crippen LogP contribution >= 0.6 is 0 Å². The van der Waals surface area contributed by atoms with Crippen LogP contribution in [0.25, 0.3) is 0 Å². The highest BCUT2D eigenvalue weighted by molar-refractivity contribution is 5.80. The molecule has 0 radical (unpaired) electrons. The first kappa shape index (κ1) is 19.0. The Morgan fingerprint density at radius 3 is 2.46 bits per heavy atom. The fourth-order valence-corrected chi connectivity index (χ4v) is 3.74. The minimum Gasteiger partial charge on any atom is -0.469 e. The largest absolute Gasteiger partial charge is 0.469 e. The lowest BCUT2D eigenvalue weighted by molar-refractivity contribution is -0.146. The molecule has 6 nitrogen and oxygen atoms in total. The van der Waals surface area contributed by atoms with Crippen molar-refractivity contribution in [2.75, 3.05) is 53.4 Å². The SMILES string of the molecule is CN=C(NCC(C)CN1CCCCC1)N1CCC(C(=O)OC)CC1. The van der Waals surface area contributed by atoms with Crippen molar-refractivity contribution in [3.8, 4) is 0 Å². The van der Waals surface area contributed by atoms with Crippen LogP contribution in [0.1, 0.15) is 39.0 Å². The number of aliphatic imine (C=N–C) groups is 1. The minimum absolute atomic E-state index is 0.0439.